The molecule has 0 aliphatic heterocycles. The molecule has 0 saturated heterocycles. The maximum atomic E-state index is 6.05. The van der Waals surface area contributed by atoms with E-state index in [-0.39, 0.29) is 12.1 Å². The van der Waals surface area contributed by atoms with Crippen LogP contribution in [0.1, 0.15) is 44.9 Å². The minimum atomic E-state index is 0.00834. The maximum Gasteiger partial charge on any atom is 0.219 e. The smallest absolute Gasteiger partial charge is 0.219 e. The summed E-state index contributed by atoms with van der Waals surface area (Å²) in [5.41, 5.74) is 9.04. The molecule has 0 radical (unpaired) electrons. The SMILES string of the molecule is CCc1cc(OC(C)C)ccc1Oc1ccc2cc(C(C)N)ccc2n1. The summed E-state index contributed by atoms with van der Waals surface area (Å²) >= 11 is 0. The second kappa shape index (κ2) is 7.75. The molecule has 0 spiro atoms. The zero-order chi connectivity index (χ0) is 18.7. The molecule has 4 heteroatoms. The van der Waals surface area contributed by atoms with Crippen molar-refractivity contribution in [2.45, 2.75) is 46.3 Å². The van der Waals surface area contributed by atoms with Gasteiger partial charge in [-0.15, -0.1) is 0 Å². The van der Waals surface area contributed by atoms with Crippen LogP contribution >= 0.6 is 0 Å². The fourth-order valence-corrected chi connectivity index (χ4v) is 2.86. The number of nitrogens with zero attached hydrogens (tertiary/aromatic N) is 1. The molecular formula is C22H26N2O2. The molecule has 2 aromatic carbocycles. The summed E-state index contributed by atoms with van der Waals surface area (Å²) in [4.78, 5) is 4.62. The van der Waals surface area contributed by atoms with E-state index in [9.17, 15) is 0 Å². The Hall–Kier alpha value is -2.59. The van der Waals surface area contributed by atoms with Crippen molar-refractivity contribution in [1.29, 1.82) is 0 Å². The van der Waals surface area contributed by atoms with Gasteiger partial charge < -0.3 is 15.2 Å². The number of ether oxygens (including phenoxy) is 2. The highest BCUT2D eigenvalue weighted by atomic mass is 16.5. The Morgan fingerprint density at radius 3 is 2.50 bits per heavy atom. The highest BCUT2D eigenvalue weighted by Gasteiger charge is 2.09. The summed E-state index contributed by atoms with van der Waals surface area (Å²) in [5.74, 6) is 2.25. The average molecular weight is 350 g/mol. The number of nitrogens with two attached hydrogens (primary N) is 1. The monoisotopic (exact) mass is 350 g/mol. The van der Waals surface area contributed by atoms with E-state index < -0.39 is 0 Å². The number of hydrogen-bond acceptors (Lipinski definition) is 4. The predicted molar refractivity (Wildman–Crippen MR) is 106 cm³/mol. The number of fused-ring (bicyclic) bond motifs is 1. The van der Waals surface area contributed by atoms with Crippen LogP contribution in [0.5, 0.6) is 17.4 Å². The van der Waals surface area contributed by atoms with Crippen molar-refractivity contribution in [3.63, 3.8) is 0 Å². The highest BCUT2D eigenvalue weighted by molar-refractivity contribution is 5.80. The molecule has 1 heterocycles. The Bertz CT molecular complexity index is 904. The quantitative estimate of drug-likeness (QED) is 0.647. The van der Waals surface area contributed by atoms with Crippen LogP contribution in [0.15, 0.2) is 48.5 Å². The first-order chi connectivity index (χ1) is 12.5. The normalized spacial score (nSPS) is 12.4. The summed E-state index contributed by atoms with van der Waals surface area (Å²) in [5, 5.41) is 1.06. The van der Waals surface area contributed by atoms with Gasteiger partial charge in [-0.25, -0.2) is 4.98 Å². The van der Waals surface area contributed by atoms with Gasteiger partial charge in [-0.1, -0.05) is 13.0 Å². The van der Waals surface area contributed by atoms with Crippen LogP contribution < -0.4 is 15.2 Å². The molecule has 0 saturated carbocycles. The lowest BCUT2D eigenvalue weighted by Crippen LogP contribution is -2.06. The molecule has 3 aromatic rings. The summed E-state index contributed by atoms with van der Waals surface area (Å²) in [6.45, 7) is 8.12. The molecular weight excluding hydrogens is 324 g/mol. The number of aromatic nitrogens is 1. The zero-order valence-corrected chi connectivity index (χ0v) is 15.8. The molecule has 0 amide bonds. The van der Waals surface area contributed by atoms with E-state index in [2.05, 4.69) is 18.0 Å². The van der Waals surface area contributed by atoms with Crippen molar-refractivity contribution in [3.05, 3.63) is 59.7 Å². The van der Waals surface area contributed by atoms with Crippen molar-refractivity contribution in [2.24, 2.45) is 5.73 Å². The number of benzene rings is 2. The minimum absolute atomic E-state index is 0.00834. The average Bonchev–Trinajstić information content (AvgIpc) is 2.62. The topological polar surface area (TPSA) is 57.4 Å². The highest BCUT2D eigenvalue weighted by Crippen LogP contribution is 2.30. The van der Waals surface area contributed by atoms with Crippen LogP contribution in [-0.4, -0.2) is 11.1 Å². The predicted octanol–water partition coefficient (Wildman–Crippen LogP) is 5.40. The molecule has 136 valence electrons. The fraction of sp³-hybridized carbons (Fsp3) is 0.318. The molecule has 1 atom stereocenters. The van der Waals surface area contributed by atoms with Gasteiger partial charge in [0.1, 0.15) is 11.5 Å². The van der Waals surface area contributed by atoms with E-state index in [0.29, 0.717) is 5.88 Å². The summed E-state index contributed by atoms with van der Waals surface area (Å²) in [6.07, 6.45) is 1.01. The van der Waals surface area contributed by atoms with Gasteiger partial charge in [0.15, 0.2) is 0 Å². The second-order valence-corrected chi connectivity index (χ2v) is 6.78. The molecule has 0 aliphatic carbocycles. The van der Waals surface area contributed by atoms with Crippen LogP contribution in [0.4, 0.5) is 0 Å². The zero-order valence-electron chi connectivity index (χ0n) is 15.8. The summed E-state index contributed by atoms with van der Waals surface area (Å²) < 4.78 is 11.8. The molecule has 26 heavy (non-hydrogen) atoms. The number of rotatable bonds is 6. The fourth-order valence-electron chi connectivity index (χ4n) is 2.86. The van der Waals surface area contributed by atoms with Crippen LogP contribution in [0, 0.1) is 0 Å². The number of pyridine rings is 1. The van der Waals surface area contributed by atoms with Gasteiger partial charge in [0.2, 0.25) is 5.88 Å². The lowest BCUT2D eigenvalue weighted by molar-refractivity contribution is 0.242. The third kappa shape index (κ3) is 4.14. The lowest BCUT2D eigenvalue weighted by atomic mass is 10.1. The van der Waals surface area contributed by atoms with E-state index in [0.717, 1.165) is 39.9 Å². The van der Waals surface area contributed by atoms with Gasteiger partial charge >= 0.3 is 0 Å². The minimum Gasteiger partial charge on any atom is -0.491 e. The Balaban J connectivity index is 1.87. The third-order valence-corrected chi connectivity index (χ3v) is 4.21. The summed E-state index contributed by atoms with van der Waals surface area (Å²) in [6, 6.07) is 15.9. The van der Waals surface area contributed by atoms with Gasteiger partial charge in [0, 0.05) is 17.5 Å². The van der Waals surface area contributed by atoms with Crippen molar-refractivity contribution >= 4 is 10.9 Å². The van der Waals surface area contributed by atoms with Gasteiger partial charge in [-0.05, 0) is 74.7 Å². The van der Waals surface area contributed by atoms with E-state index in [1.807, 2.05) is 63.2 Å². The molecule has 4 nitrogen and oxygen atoms in total. The molecule has 2 N–H and O–H groups in total. The van der Waals surface area contributed by atoms with Gasteiger partial charge in [0.25, 0.3) is 0 Å². The van der Waals surface area contributed by atoms with E-state index in [1.165, 1.54) is 0 Å². The number of aryl methyl sites for hydroxylation is 1. The second-order valence-electron chi connectivity index (χ2n) is 6.78. The Kier molecular flexibility index (Phi) is 5.43. The Morgan fingerprint density at radius 1 is 1.00 bits per heavy atom. The molecule has 0 aliphatic rings. The van der Waals surface area contributed by atoms with Crippen molar-refractivity contribution < 1.29 is 9.47 Å². The standard InChI is InChI=1S/C22H26N2O2/c1-5-16-13-19(25-14(2)3)8-10-21(16)26-22-11-7-18-12-17(15(4)23)6-9-20(18)24-22/h6-15H,5,23H2,1-4H3. The van der Waals surface area contributed by atoms with Gasteiger partial charge in [-0.3, -0.25) is 0 Å². The molecule has 1 aromatic heterocycles. The maximum absolute atomic E-state index is 6.05. The first-order valence-electron chi connectivity index (χ1n) is 9.10. The van der Waals surface area contributed by atoms with E-state index in [1.54, 1.807) is 0 Å². The van der Waals surface area contributed by atoms with E-state index in [4.69, 9.17) is 15.2 Å². The lowest BCUT2D eigenvalue weighted by Gasteiger charge is -2.14. The van der Waals surface area contributed by atoms with Crippen molar-refractivity contribution in [1.82, 2.24) is 4.98 Å². The molecule has 3 rings (SSSR count). The van der Waals surface area contributed by atoms with Gasteiger partial charge in [-0.2, -0.15) is 0 Å². The molecule has 0 bridgehead atoms. The van der Waals surface area contributed by atoms with Crippen LogP contribution in [0.3, 0.4) is 0 Å². The third-order valence-electron chi connectivity index (χ3n) is 4.21. The first kappa shape index (κ1) is 18.2. The van der Waals surface area contributed by atoms with Gasteiger partial charge in [0.05, 0.1) is 11.6 Å². The number of hydrogen-bond donors (Lipinski definition) is 1. The Morgan fingerprint density at radius 2 is 1.81 bits per heavy atom. The summed E-state index contributed by atoms with van der Waals surface area (Å²) in [7, 11) is 0. The van der Waals surface area contributed by atoms with E-state index >= 15 is 0 Å². The van der Waals surface area contributed by atoms with Crippen LogP contribution in [0.25, 0.3) is 10.9 Å². The first-order valence-corrected chi connectivity index (χ1v) is 9.10. The Labute approximate surface area is 155 Å². The van der Waals surface area contributed by atoms with Crippen LogP contribution in [0.2, 0.25) is 0 Å². The van der Waals surface area contributed by atoms with Crippen LogP contribution in [-0.2, 0) is 6.42 Å². The molecule has 1 unspecified atom stereocenters. The van der Waals surface area contributed by atoms with Crippen molar-refractivity contribution in [2.75, 3.05) is 0 Å². The molecule has 0 fully saturated rings. The van der Waals surface area contributed by atoms with Crippen molar-refractivity contribution in [3.8, 4) is 17.4 Å². The largest absolute Gasteiger partial charge is 0.491 e.